The summed E-state index contributed by atoms with van der Waals surface area (Å²) < 4.78 is 10.2. The molecule has 0 saturated carbocycles. The van der Waals surface area contributed by atoms with Crippen molar-refractivity contribution in [3.8, 4) is 0 Å². The molecule has 108 valence electrons. The Hall–Kier alpha value is -2.15. The third-order valence-corrected chi connectivity index (χ3v) is 3.12. The van der Waals surface area contributed by atoms with E-state index in [9.17, 15) is 9.59 Å². The molecule has 0 spiro atoms. The van der Waals surface area contributed by atoms with Crippen molar-refractivity contribution >= 4 is 17.7 Å². The van der Waals surface area contributed by atoms with Gasteiger partial charge >= 0.3 is 5.97 Å². The minimum absolute atomic E-state index is 0.214. The van der Waals surface area contributed by atoms with Gasteiger partial charge in [-0.15, -0.1) is 0 Å². The van der Waals surface area contributed by atoms with E-state index < -0.39 is 5.91 Å². The van der Waals surface area contributed by atoms with Crippen LogP contribution in [-0.4, -0.2) is 49.8 Å². The molecule has 0 aliphatic carbocycles. The molecule has 0 bridgehead atoms. The summed E-state index contributed by atoms with van der Waals surface area (Å²) in [6.45, 7) is 1.75. The fraction of sp³-hybridized carbons (Fsp3) is 0.462. The summed E-state index contributed by atoms with van der Waals surface area (Å²) in [6, 6.07) is 3.37. The smallest absolute Gasteiger partial charge is 0.308 e. The number of esters is 1. The van der Waals surface area contributed by atoms with E-state index in [1.165, 1.54) is 13.3 Å². The van der Waals surface area contributed by atoms with Crippen molar-refractivity contribution in [1.29, 1.82) is 0 Å². The van der Waals surface area contributed by atoms with E-state index in [0.717, 1.165) is 5.82 Å². The van der Waals surface area contributed by atoms with E-state index >= 15 is 0 Å². The second-order valence-corrected chi connectivity index (χ2v) is 4.49. The first kappa shape index (κ1) is 14.3. The molecule has 20 heavy (non-hydrogen) atoms. The molecule has 1 atom stereocenters. The molecule has 1 amide bonds. The SMILES string of the molecule is COC(=O)CC1CN(c2ccc(C(N)=O)cn2)CCO1. The quantitative estimate of drug-likeness (QED) is 0.776. The predicted octanol–water partition coefficient (Wildman–Crippen LogP) is -0.0512. The summed E-state index contributed by atoms with van der Waals surface area (Å²) >= 11 is 0. The summed E-state index contributed by atoms with van der Waals surface area (Å²) in [5.74, 6) is -0.0725. The van der Waals surface area contributed by atoms with Gasteiger partial charge in [0.25, 0.3) is 0 Å². The predicted molar refractivity (Wildman–Crippen MR) is 71.3 cm³/mol. The summed E-state index contributed by atoms with van der Waals surface area (Å²) in [5, 5.41) is 0. The number of morpholine rings is 1. The minimum atomic E-state index is -0.505. The number of primary amides is 1. The van der Waals surface area contributed by atoms with Gasteiger partial charge in [0.1, 0.15) is 5.82 Å². The Balaban J connectivity index is 2.01. The van der Waals surface area contributed by atoms with Crippen molar-refractivity contribution in [3.05, 3.63) is 23.9 Å². The van der Waals surface area contributed by atoms with Gasteiger partial charge in [0.05, 0.1) is 31.8 Å². The Morgan fingerprint density at radius 3 is 2.95 bits per heavy atom. The van der Waals surface area contributed by atoms with Crippen molar-refractivity contribution in [3.63, 3.8) is 0 Å². The number of pyridine rings is 1. The molecule has 1 fully saturated rings. The lowest BCUT2D eigenvalue weighted by Gasteiger charge is -2.33. The molecule has 1 saturated heterocycles. The molecule has 0 aromatic carbocycles. The molecule has 2 heterocycles. The summed E-state index contributed by atoms with van der Waals surface area (Å²) in [6.07, 6.45) is 1.45. The fourth-order valence-electron chi connectivity index (χ4n) is 2.04. The highest BCUT2D eigenvalue weighted by atomic mass is 16.5. The number of hydrogen-bond donors (Lipinski definition) is 1. The third-order valence-electron chi connectivity index (χ3n) is 3.12. The van der Waals surface area contributed by atoms with Crippen molar-refractivity contribution in [2.45, 2.75) is 12.5 Å². The zero-order valence-corrected chi connectivity index (χ0v) is 11.2. The number of amides is 1. The number of ether oxygens (including phenoxy) is 2. The van der Waals surface area contributed by atoms with E-state index in [1.807, 2.05) is 4.90 Å². The average Bonchev–Trinajstić information content (AvgIpc) is 2.47. The van der Waals surface area contributed by atoms with Crippen LogP contribution in [0.3, 0.4) is 0 Å². The number of nitrogens with two attached hydrogens (primary N) is 1. The first-order valence-corrected chi connectivity index (χ1v) is 6.29. The standard InChI is InChI=1S/C13H17N3O4/c1-19-12(17)6-10-8-16(4-5-20-10)11-3-2-9(7-15-11)13(14)18/h2-3,7,10H,4-6,8H2,1H3,(H2,14,18). The highest BCUT2D eigenvalue weighted by Crippen LogP contribution is 2.17. The van der Waals surface area contributed by atoms with Gasteiger partial charge in [0, 0.05) is 19.3 Å². The zero-order chi connectivity index (χ0) is 14.5. The normalized spacial score (nSPS) is 18.6. The average molecular weight is 279 g/mol. The van der Waals surface area contributed by atoms with E-state index in [2.05, 4.69) is 9.72 Å². The summed E-state index contributed by atoms with van der Waals surface area (Å²) in [5.41, 5.74) is 5.54. The lowest BCUT2D eigenvalue weighted by Crippen LogP contribution is -2.43. The molecule has 1 aliphatic heterocycles. The maximum Gasteiger partial charge on any atom is 0.308 e. The van der Waals surface area contributed by atoms with Crippen LogP contribution in [0.5, 0.6) is 0 Å². The van der Waals surface area contributed by atoms with Gasteiger partial charge in [-0.3, -0.25) is 9.59 Å². The summed E-state index contributed by atoms with van der Waals surface area (Å²) in [4.78, 5) is 28.5. The topological polar surface area (TPSA) is 94.8 Å². The van der Waals surface area contributed by atoms with Crippen LogP contribution in [0.2, 0.25) is 0 Å². The molecule has 1 aromatic rings. The van der Waals surface area contributed by atoms with Gasteiger partial charge < -0.3 is 20.1 Å². The molecule has 1 aliphatic rings. The highest BCUT2D eigenvalue weighted by Gasteiger charge is 2.24. The monoisotopic (exact) mass is 279 g/mol. The molecule has 7 nitrogen and oxygen atoms in total. The van der Waals surface area contributed by atoms with Crippen molar-refractivity contribution in [2.24, 2.45) is 5.73 Å². The van der Waals surface area contributed by atoms with Crippen molar-refractivity contribution < 1.29 is 19.1 Å². The van der Waals surface area contributed by atoms with Crippen molar-refractivity contribution in [2.75, 3.05) is 31.7 Å². The van der Waals surface area contributed by atoms with Crippen LogP contribution in [0.25, 0.3) is 0 Å². The summed E-state index contributed by atoms with van der Waals surface area (Å²) in [7, 11) is 1.35. The molecule has 7 heteroatoms. The minimum Gasteiger partial charge on any atom is -0.469 e. The third kappa shape index (κ3) is 3.45. The van der Waals surface area contributed by atoms with E-state index in [4.69, 9.17) is 10.5 Å². The Morgan fingerprint density at radius 1 is 1.55 bits per heavy atom. The Kier molecular flexibility index (Phi) is 4.52. The van der Waals surface area contributed by atoms with Crippen LogP contribution in [-0.2, 0) is 14.3 Å². The number of rotatable bonds is 4. The van der Waals surface area contributed by atoms with E-state index in [0.29, 0.717) is 25.3 Å². The Labute approximate surface area is 116 Å². The first-order valence-electron chi connectivity index (χ1n) is 6.29. The molecule has 2 N–H and O–H groups in total. The molecule has 1 unspecified atom stereocenters. The van der Waals surface area contributed by atoms with Gasteiger partial charge in [-0.2, -0.15) is 0 Å². The van der Waals surface area contributed by atoms with Gasteiger partial charge in [-0.05, 0) is 12.1 Å². The number of anilines is 1. The number of aromatic nitrogens is 1. The van der Waals surface area contributed by atoms with Crippen molar-refractivity contribution in [1.82, 2.24) is 4.98 Å². The molecular formula is C13H17N3O4. The Bertz CT molecular complexity index is 489. The molecular weight excluding hydrogens is 262 g/mol. The maximum atomic E-state index is 11.3. The lowest BCUT2D eigenvalue weighted by atomic mass is 10.2. The largest absolute Gasteiger partial charge is 0.469 e. The van der Waals surface area contributed by atoms with Crippen LogP contribution in [0.4, 0.5) is 5.82 Å². The maximum absolute atomic E-state index is 11.3. The molecule has 1 aromatic heterocycles. The van der Waals surface area contributed by atoms with E-state index in [-0.39, 0.29) is 18.5 Å². The fourth-order valence-corrected chi connectivity index (χ4v) is 2.04. The number of nitrogens with zero attached hydrogens (tertiary/aromatic N) is 2. The van der Waals surface area contributed by atoms with E-state index in [1.54, 1.807) is 12.1 Å². The number of carbonyl (C=O) groups excluding carboxylic acids is 2. The Morgan fingerprint density at radius 2 is 2.35 bits per heavy atom. The second-order valence-electron chi connectivity index (χ2n) is 4.49. The van der Waals surface area contributed by atoms with Crippen LogP contribution < -0.4 is 10.6 Å². The number of hydrogen-bond acceptors (Lipinski definition) is 6. The van der Waals surface area contributed by atoms with Gasteiger partial charge in [0.15, 0.2) is 0 Å². The second kappa shape index (κ2) is 6.33. The van der Waals surface area contributed by atoms with Crippen LogP contribution in [0.15, 0.2) is 18.3 Å². The van der Waals surface area contributed by atoms with Crippen LogP contribution in [0.1, 0.15) is 16.8 Å². The first-order chi connectivity index (χ1) is 9.60. The van der Waals surface area contributed by atoms with Gasteiger partial charge in [0.2, 0.25) is 5.91 Å². The number of methoxy groups -OCH3 is 1. The molecule has 2 rings (SSSR count). The number of carbonyl (C=O) groups is 2. The highest BCUT2D eigenvalue weighted by molar-refractivity contribution is 5.92. The van der Waals surface area contributed by atoms with Crippen LogP contribution in [0, 0.1) is 0 Å². The lowest BCUT2D eigenvalue weighted by molar-refractivity contribution is -0.144. The zero-order valence-electron chi connectivity index (χ0n) is 11.2. The van der Waals surface area contributed by atoms with Gasteiger partial charge in [-0.1, -0.05) is 0 Å². The van der Waals surface area contributed by atoms with Crippen LogP contribution >= 0.6 is 0 Å². The molecule has 0 radical (unpaired) electrons. The van der Waals surface area contributed by atoms with Gasteiger partial charge in [-0.25, -0.2) is 4.98 Å².